The molecule has 2 aromatic carbocycles. The topological polar surface area (TPSA) is 49.4 Å². The van der Waals surface area contributed by atoms with E-state index in [1.54, 1.807) is 4.90 Å². The molecule has 0 saturated carbocycles. The van der Waals surface area contributed by atoms with Gasteiger partial charge in [0.1, 0.15) is 6.04 Å². The lowest BCUT2D eigenvalue weighted by atomic mass is 10.0. The van der Waals surface area contributed by atoms with E-state index in [4.69, 9.17) is 0 Å². The third kappa shape index (κ3) is 6.52. The van der Waals surface area contributed by atoms with Gasteiger partial charge in [-0.3, -0.25) is 9.59 Å². The third-order valence-electron chi connectivity index (χ3n) is 4.56. The highest BCUT2D eigenvalue weighted by atomic mass is 16.2. The van der Waals surface area contributed by atoms with Gasteiger partial charge in [0.25, 0.3) is 0 Å². The molecule has 0 aromatic heterocycles. The van der Waals surface area contributed by atoms with Crippen molar-refractivity contribution in [1.29, 1.82) is 0 Å². The van der Waals surface area contributed by atoms with Crippen LogP contribution in [0.1, 0.15) is 50.8 Å². The largest absolute Gasteiger partial charge is 0.350 e. The van der Waals surface area contributed by atoms with E-state index in [0.717, 1.165) is 11.1 Å². The maximum atomic E-state index is 13.2. The number of amides is 2. The number of aryl methyl sites for hydroxylation is 1. The van der Waals surface area contributed by atoms with Crippen molar-refractivity contribution in [3.63, 3.8) is 0 Å². The number of benzene rings is 2. The Hall–Kier alpha value is -2.62. The second-order valence-corrected chi connectivity index (χ2v) is 8.33. The molecular formula is C24H32N2O2. The first-order valence-corrected chi connectivity index (χ1v) is 9.90. The highest BCUT2D eigenvalue weighted by molar-refractivity contribution is 5.88. The Kier molecular flexibility index (Phi) is 7.38. The minimum atomic E-state index is -0.503. The zero-order chi connectivity index (χ0) is 20.7. The number of hydrogen-bond acceptors (Lipinski definition) is 2. The van der Waals surface area contributed by atoms with Crippen molar-refractivity contribution in [3.8, 4) is 0 Å². The van der Waals surface area contributed by atoms with Gasteiger partial charge in [-0.15, -0.1) is 0 Å². The fraction of sp³-hybridized carbons (Fsp3) is 0.417. The van der Waals surface area contributed by atoms with Gasteiger partial charge in [0.05, 0.1) is 6.42 Å². The summed E-state index contributed by atoms with van der Waals surface area (Å²) < 4.78 is 0. The first-order chi connectivity index (χ1) is 13.2. The number of nitrogens with one attached hydrogen (secondary N) is 1. The molecule has 2 amide bonds. The first-order valence-electron chi connectivity index (χ1n) is 9.90. The third-order valence-corrected chi connectivity index (χ3v) is 4.56. The smallest absolute Gasteiger partial charge is 0.243 e. The van der Waals surface area contributed by atoms with E-state index in [2.05, 4.69) is 5.32 Å². The molecule has 0 heterocycles. The standard InChI is InChI=1S/C24H32N2O2/c1-6-21(23(28)25-24(3,4)5)26(17-20-14-12-18(2)13-15-20)22(27)16-19-10-8-7-9-11-19/h7-15,21H,6,16-17H2,1-5H3,(H,25,28). The Morgan fingerprint density at radius 1 is 0.964 bits per heavy atom. The van der Waals surface area contributed by atoms with Crippen molar-refractivity contribution in [3.05, 3.63) is 71.3 Å². The van der Waals surface area contributed by atoms with Gasteiger partial charge in [-0.1, -0.05) is 67.1 Å². The average molecular weight is 381 g/mol. The summed E-state index contributed by atoms with van der Waals surface area (Å²) in [4.78, 5) is 27.8. The fourth-order valence-electron chi connectivity index (χ4n) is 3.13. The lowest BCUT2D eigenvalue weighted by Crippen LogP contribution is -2.53. The van der Waals surface area contributed by atoms with E-state index in [0.29, 0.717) is 13.0 Å². The van der Waals surface area contributed by atoms with Gasteiger partial charge in [0.15, 0.2) is 0 Å². The minimum absolute atomic E-state index is 0.0392. The Labute approximate surface area is 169 Å². The normalized spacial score (nSPS) is 12.3. The van der Waals surface area contributed by atoms with Crippen LogP contribution in [0.3, 0.4) is 0 Å². The molecule has 2 aromatic rings. The first kappa shape index (κ1) is 21.7. The van der Waals surface area contributed by atoms with Crippen molar-refractivity contribution in [2.24, 2.45) is 0 Å². The summed E-state index contributed by atoms with van der Waals surface area (Å²) in [6, 6.07) is 17.3. The Balaban J connectivity index is 2.28. The van der Waals surface area contributed by atoms with Gasteiger partial charge < -0.3 is 10.2 Å². The van der Waals surface area contributed by atoms with Crippen molar-refractivity contribution >= 4 is 11.8 Å². The molecule has 150 valence electrons. The van der Waals surface area contributed by atoms with Crippen LogP contribution in [-0.4, -0.2) is 28.3 Å². The van der Waals surface area contributed by atoms with Gasteiger partial charge in [-0.2, -0.15) is 0 Å². The fourth-order valence-corrected chi connectivity index (χ4v) is 3.13. The summed E-state index contributed by atoms with van der Waals surface area (Å²) in [5.74, 6) is -0.147. The van der Waals surface area contributed by atoms with Crippen LogP contribution < -0.4 is 5.32 Å². The number of carbonyl (C=O) groups excluding carboxylic acids is 2. The molecule has 28 heavy (non-hydrogen) atoms. The molecule has 1 unspecified atom stereocenters. The van der Waals surface area contributed by atoms with E-state index in [1.165, 1.54) is 5.56 Å². The molecule has 0 bridgehead atoms. The average Bonchev–Trinajstić information content (AvgIpc) is 2.62. The zero-order valence-corrected chi connectivity index (χ0v) is 17.7. The molecule has 2 rings (SSSR count). The molecule has 0 aliphatic rings. The van der Waals surface area contributed by atoms with Gasteiger partial charge in [0.2, 0.25) is 11.8 Å². The monoisotopic (exact) mass is 380 g/mol. The van der Waals surface area contributed by atoms with Crippen LogP contribution in [0.15, 0.2) is 54.6 Å². The molecule has 0 fully saturated rings. The van der Waals surface area contributed by atoms with E-state index in [9.17, 15) is 9.59 Å². The van der Waals surface area contributed by atoms with Crippen LogP contribution in [0.25, 0.3) is 0 Å². The van der Waals surface area contributed by atoms with E-state index >= 15 is 0 Å². The number of carbonyl (C=O) groups is 2. The van der Waals surface area contributed by atoms with Crippen LogP contribution in [0.5, 0.6) is 0 Å². The predicted molar refractivity (Wildman–Crippen MR) is 114 cm³/mol. The van der Waals surface area contributed by atoms with E-state index in [1.807, 2.05) is 89.2 Å². The summed E-state index contributed by atoms with van der Waals surface area (Å²) in [5, 5.41) is 3.03. The maximum Gasteiger partial charge on any atom is 0.243 e. The van der Waals surface area contributed by atoms with Crippen LogP contribution in [-0.2, 0) is 22.6 Å². The minimum Gasteiger partial charge on any atom is -0.350 e. The maximum absolute atomic E-state index is 13.2. The Morgan fingerprint density at radius 3 is 2.11 bits per heavy atom. The van der Waals surface area contributed by atoms with Crippen molar-refractivity contribution in [1.82, 2.24) is 10.2 Å². The van der Waals surface area contributed by atoms with Crippen LogP contribution in [0.4, 0.5) is 0 Å². The SMILES string of the molecule is CCC(C(=O)NC(C)(C)C)N(Cc1ccc(C)cc1)C(=O)Cc1ccccc1. The number of nitrogens with zero attached hydrogens (tertiary/aromatic N) is 1. The van der Waals surface area contributed by atoms with Crippen LogP contribution in [0.2, 0.25) is 0 Å². The molecule has 0 aliphatic carbocycles. The quantitative estimate of drug-likeness (QED) is 0.780. The molecule has 4 heteroatoms. The summed E-state index contributed by atoms with van der Waals surface area (Å²) in [6.45, 7) is 10.3. The predicted octanol–water partition coefficient (Wildman–Crippen LogP) is 4.26. The number of hydrogen-bond donors (Lipinski definition) is 1. The van der Waals surface area contributed by atoms with E-state index < -0.39 is 6.04 Å². The molecule has 0 spiro atoms. The summed E-state index contributed by atoms with van der Waals surface area (Å²) in [7, 11) is 0. The van der Waals surface area contributed by atoms with Crippen molar-refractivity contribution < 1.29 is 9.59 Å². The highest BCUT2D eigenvalue weighted by Crippen LogP contribution is 2.16. The molecule has 4 nitrogen and oxygen atoms in total. The summed E-state index contributed by atoms with van der Waals surface area (Å²) >= 11 is 0. The van der Waals surface area contributed by atoms with Crippen LogP contribution >= 0.6 is 0 Å². The van der Waals surface area contributed by atoms with Gasteiger partial charge >= 0.3 is 0 Å². The molecule has 0 aliphatic heterocycles. The lowest BCUT2D eigenvalue weighted by Gasteiger charge is -2.33. The highest BCUT2D eigenvalue weighted by Gasteiger charge is 2.30. The lowest BCUT2D eigenvalue weighted by molar-refractivity contribution is -0.141. The molecular weight excluding hydrogens is 348 g/mol. The van der Waals surface area contributed by atoms with Gasteiger partial charge in [-0.25, -0.2) is 0 Å². The molecule has 0 saturated heterocycles. The van der Waals surface area contributed by atoms with Gasteiger partial charge in [-0.05, 0) is 45.2 Å². The number of rotatable bonds is 7. The summed E-state index contributed by atoms with van der Waals surface area (Å²) in [5.41, 5.74) is 2.80. The molecule has 1 N–H and O–H groups in total. The molecule has 0 radical (unpaired) electrons. The molecule has 1 atom stereocenters. The van der Waals surface area contributed by atoms with Crippen LogP contribution in [0, 0.1) is 6.92 Å². The zero-order valence-electron chi connectivity index (χ0n) is 17.7. The van der Waals surface area contributed by atoms with Gasteiger partial charge in [0, 0.05) is 12.1 Å². The second kappa shape index (κ2) is 9.54. The second-order valence-electron chi connectivity index (χ2n) is 8.33. The summed E-state index contributed by atoms with van der Waals surface area (Å²) in [6.07, 6.45) is 0.848. The van der Waals surface area contributed by atoms with E-state index in [-0.39, 0.29) is 23.8 Å². The van der Waals surface area contributed by atoms with Crippen molar-refractivity contribution in [2.45, 2.75) is 65.6 Å². The Bertz CT molecular complexity index is 777. The van der Waals surface area contributed by atoms with Crippen molar-refractivity contribution in [2.75, 3.05) is 0 Å². The Morgan fingerprint density at radius 2 is 1.57 bits per heavy atom.